The van der Waals surface area contributed by atoms with Gasteiger partial charge in [-0.2, -0.15) is 0 Å². The number of ketones is 1. The van der Waals surface area contributed by atoms with Crippen molar-refractivity contribution >= 4 is 11.8 Å². The van der Waals surface area contributed by atoms with Gasteiger partial charge in [-0.05, 0) is 93.9 Å². The van der Waals surface area contributed by atoms with Crippen LogP contribution in [0.4, 0.5) is 0 Å². The number of likely N-dealkylation sites (N-methyl/N-ethyl adjacent to an activating group) is 2. The Morgan fingerprint density at radius 2 is 1.84 bits per heavy atom. The van der Waals surface area contributed by atoms with E-state index in [0.29, 0.717) is 12.8 Å². The summed E-state index contributed by atoms with van der Waals surface area (Å²) in [6.07, 6.45) is 2.29. The van der Waals surface area contributed by atoms with E-state index >= 15 is 0 Å². The first kappa shape index (κ1) is 37.1. The van der Waals surface area contributed by atoms with Gasteiger partial charge < -0.3 is 29.0 Å². The van der Waals surface area contributed by atoms with Crippen molar-refractivity contribution in [3.05, 3.63) is 11.6 Å². The molecule has 0 radical (unpaired) electrons. The third kappa shape index (κ3) is 8.69. The third-order valence-electron chi connectivity index (χ3n) is 10.1. The molecule has 2 saturated heterocycles. The van der Waals surface area contributed by atoms with E-state index in [1.54, 1.807) is 21.0 Å². The topological polar surface area (TPSA) is 101 Å². The number of cyclic esters (lactones) is 1. The second-order valence-electron chi connectivity index (χ2n) is 14.6. The van der Waals surface area contributed by atoms with Crippen LogP contribution in [-0.4, -0.2) is 134 Å². The van der Waals surface area contributed by atoms with Crippen molar-refractivity contribution in [3.8, 4) is 0 Å². The first-order chi connectivity index (χ1) is 20.5. The van der Waals surface area contributed by atoms with E-state index < -0.39 is 41.6 Å². The number of carbonyl (C=O) groups is 2. The average molecular weight is 624 g/mol. The number of esters is 1. The van der Waals surface area contributed by atoms with Gasteiger partial charge in [0.25, 0.3) is 0 Å². The van der Waals surface area contributed by atoms with E-state index in [-0.39, 0.29) is 36.3 Å². The quantitative estimate of drug-likeness (QED) is 0.258. The fraction of sp³-hybridized carbons (Fsp3) is 0.882. The summed E-state index contributed by atoms with van der Waals surface area (Å²) in [4.78, 5) is 34.4. The standard InChI is InChI=1S/C34H61N3O7/c1-12-15-37-16-13-25(14-17-37)29-24(4)43-32(40)33(5,6)27(38)19-28(34(7,41-11)20-22(2)21-36(29)10)44-31-30(39)26(35(8)9)18-23(3)42-31/h13,22-24,26,28-31,39H,12,14-21H2,1-11H3/t22-,23-,24-,26+,28-,29-,30-,31+,34-/m1/s1. The van der Waals surface area contributed by atoms with Crippen LogP contribution in [0.3, 0.4) is 0 Å². The van der Waals surface area contributed by atoms with Gasteiger partial charge in [0, 0.05) is 39.2 Å². The van der Waals surface area contributed by atoms with Crippen LogP contribution >= 0.6 is 0 Å². The van der Waals surface area contributed by atoms with Gasteiger partial charge in [-0.15, -0.1) is 0 Å². The summed E-state index contributed by atoms with van der Waals surface area (Å²) in [7, 11) is 7.58. The summed E-state index contributed by atoms with van der Waals surface area (Å²) < 4.78 is 25.0. The third-order valence-corrected chi connectivity index (χ3v) is 10.1. The number of methoxy groups -OCH3 is 1. The lowest BCUT2D eigenvalue weighted by Crippen LogP contribution is -2.57. The van der Waals surface area contributed by atoms with Crippen molar-refractivity contribution in [1.29, 1.82) is 0 Å². The maximum atomic E-state index is 14.0. The molecule has 0 spiro atoms. The molecule has 3 rings (SSSR count). The fourth-order valence-electron chi connectivity index (χ4n) is 7.31. The molecule has 0 unspecified atom stereocenters. The lowest BCUT2D eigenvalue weighted by molar-refractivity contribution is -0.289. The zero-order chi connectivity index (χ0) is 33.0. The van der Waals surface area contributed by atoms with Crippen molar-refractivity contribution in [2.75, 3.05) is 54.4 Å². The Balaban J connectivity index is 1.97. The van der Waals surface area contributed by atoms with Crippen LogP contribution in [-0.2, 0) is 28.5 Å². The molecule has 1 N–H and O–H groups in total. The van der Waals surface area contributed by atoms with Gasteiger partial charge in [0.15, 0.2) is 12.1 Å². The van der Waals surface area contributed by atoms with Crippen molar-refractivity contribution in [3.63, 3.8) is 0 Å². The van der Waals surface area contributed by atoms with E-state index in [9.17, 15) is 14.7 Å². The molecule has 0 aromatic carbocycles. The number of nitrogens with zero attached hydrogens (tertiary/aromatic N) is 3. The molecule has 3 aliphatic rings. The Labute approximate surface area is 266 Å². The molecule has 2 fully saturated rings. The summed E-state index contributed by atoms with van der Waals surface area (Å²) in [6.45, 7) is 17.2. The van der Waals surface area contributed by atoms with E-state index in [1.807, 2.05) is 39.8 Å². The molecule has 0 saturated carbocycles. The van der Waals surface area contributed by atoms with Crippen molar-refractivity contribution in [2.24, 2.45) is 11.3 Å². The molecule has 0 bridgehead atoms. The van der Waals surface area contributed by atoms with Crippen molar-refractivity contribution in [1.82, 2.24) is 14.7 Å². The minimum atomic E-state index is -1.41. The first-order valence-electron chi connectivity index (χ1n) is 16.6. The fourth-order valence-corrected chi connectivity index (χ4v) is 7.31. The molecule has 10 heteroatoms. The predicted octanol–water partition coefficient (Wildman–Crippen LogP) is 3.50. The average Bonchev–Trinajstić information content (AvgIpc) is 2.94. The SMILES string of the molecule is CCCN1CC=C([C@H]2[C@@H](C)OC(=O)C(C)(C)C(=O)C[C@@H](O[C@@H]3O[C@H](C)C[C@H](N(C)C)[C@H]3O)[C@](C)(OC)C[C@@H](C)CN2C)CC1. The minimum absolute atomic E-state index is 0.0845. The Bertz CT molecular complexity index is 1000. The molecule has 0 aromatic heterocycles. The van der Waals surface area contributed by atoms with Crippen LogP contribution in [0.2, 0.25) is 0 Å². The number of ether oxygens (including phenoxy) is 4. The Morgan fingerprint density at radius 1 is 1.16 bits per heavy atom. The first-order valence-corrected chi connectivity index (χ1v) is 16.6. The number of rotatable bonds is 7. The smallest absolute Gasteiger partial charge is 0.319 e. The largest absolute Gasteiger partial charge is 0.460 e. The minimum Gasteiger partial charge on any atom is -0.460 e. The maximum Gasteiger partial charge on any atom is 0.319 e. The molecular formula is C34H61N3O7. The van der Waals surface area contributed by atoms with E-state index in [1.165, 1.54) is 5.57 Å². The van der Waals surface area contributed by atoms with E-state index in [2.05, 4.69) is 36.8 Å². The van der Waals surface area contributed by atoms with Gasteiger partial charge in [0.1, 0.15) is 17.6 Å². The summed E-state index contributed by atoms with van der Waals surface area (Å²) in [5.41, 5.74) is -1.03. The monoisotopic (exact) mass is 623 g/mol. The predicted molar refractivity (Wildman–Crippen MR) is 171 cm³/mol. The van der Waals surface area contributed by atoms with Crippen molar-refractivity contribution in [2.45, 2.75) is 129 Å². The van der Waals surface area contributed by atoms with Gasteiger partial charge in [-0.1, -0.05) is 25.5 Å². The number of aliphatic hydroxyl groups is 1. The number of hydrogen-bond donors (Lipinski definition) is 1. The van der Waals surface area contributed by atoms with Crippen LogP contribution in [0.15, 0.2) is 11.6 Å². The van der Waals surface area contributed by atoms with E-state index in [4.69, 9.17) is 18.9 Å². The summed E-state index contributed by atoms with van der Waals surface area (Å²) in [5.74, 6) is -0.691. The van der Waals surface area contributed by atoms with Crippen molar-refractivity contribution < 1.29 is 33.6 Å². The second kappa shape index (κ2) is 15.5. The highest BCUT2D eigenvalue weighted by Crippen LogP contribution is 2.36. The molecule has 3 aliphatic heterocycles. The highest BCUT2D eigenvalue weighted by atomic mass is 16.7. The molecule has 0 aromatic rings. The zero-order valence-electron chi connectivity index (χ0n) is 29.3. The van der Waals surface area contributed by atoms with Gasteiger partial charge in [0.05, 0.1) is 23.9 Å². The zero-order valence-corrected chi connectivity index (χ0v) is 29.3. The van der Waals surface area contributed by atoms with Crippen LogP contribution in [0.5, 0.6) is 0 Å². The molecule has 0 amide bonds. The number of Topliss-reactive ketones (excluding diaryl/α,β-unsaturated/α-hetero) is 1. The molecule has 9 atom stereocenters. The Morgan fingerprint density at radius 3 is 2.41 bits per heavy atom. The number of aliphatic hydroxyl groups excluding tert-OH is 1. The van der Waals surface area contributed by atoms with Gasteiger partial charge >= 0.3 is 5.97 Å². The Hall–Kier alpha value is -1.40. The summed E-state index contributed by atoms with van der Waals surface area (Å²) in [5, 5.41) is 11.3. The lowest BCUT2D eigenvalue weighted by Gasteiger charge is -2.45. The molecular weight excluding hydrogens is 562 g/mol. The van der Waals surface area contributed by atoms with Crippen LogP contribution in [0.1, 0.15) is 80.6 Å². The summed E-state index contributed by atoms with van der Waals surface area (Å²) >= 11 is 0. The van der Waals surface area contributed by atoms with Crippen LogP contribution in [0, 0.1) is 11.3 Å². The van der Waals surface area contributed by atoms with E-state index in [0.717, 1.165) is 39.0 Å². The van der Waals surface area contributed by atoms with Gasteiger partial charge in [-0.3, -0.25) is 19.4 Å². The summed E-state index contributed by atoms with van der Waals surface area (Å²) in [6, 6.07) is -0.267. The highest BCUT2D eigenvalue weighted by molar-refractivity contribution is 6.03. The number of hydrogen-bond acceptors (Lipinski definition) is 10. The molecule has 10 nitrogen and oxygen atoms in total. The molecule has 254 valence electrons. The van der Waals surface area contributed by atoms with Gasteiger partial charge in [0.2, 0.25) is 0 Å². The molecule has 0 aliphatic carbocycles. The normalized spacial score (nSPS) is 38.8. The Kier molecular flexibility index (Phi) is 13.0. The molecule has 44 heavy (non-hydrogen) atoms. The molecule has 3 heterocycles. The second-order valence-corrected chi connectivity index (χ2v) is 14.6. The maximum absolute atomic E-state index is 14.0. The highest BCUT2D eigenvalue weighted by Gasteiger charge is 2.48. The van der Waals surface area contributed by atoms with Gasteiger partial charge in [-0.25, -0.2) is 0 Å². The lowest BCUT2D eigenvalue weighted by atomic mass is 9.79. The number of carbonyl (C=O) groups excluding carboxylic acids is 2. The van der Waals surface area contributed by atoms with Crippen LogP contribution < -0.4 is 0 Å². The van der Waals surface area contributed by atoms with Crippen LogP contribution in [0.25, 0.3) is 0 Å².